The van der Waals surface area contributed by atoms with Crippen LogP contribution in [0.1, 0.15) is 16.7 Å². The summed E-state index contributed by atoms with van der Waals surface area (Å²) in [7, 11) is -2.58. The molecule has 0 unspecified atom stereocenters. The summed E-state index contributed by atoms with van der Waals surface area (Å²) >= 11 is 6.27. The van der Waals surface area contributed by atoms with E-state index in [1.165, 1.54) is 31.5 Å². The third-order valence-corrected chi connectivity index (χ3v) is 8.57. The number of hydrogen-bond donors (Lipinski definition) is 2. The Hall–Kier alpha value is -4.87. The third-order valence-electron chi connectivity index (χ3n) is 6.37. The molecule has 0 spiro atoms. The Morgan fingerprint density at radius 2 is 1.64 bits per heavy atom. The van der Waals surface area contributed by atoms with Gasteiger partial charge in [0.05, 0.1) is 29.6 Å². The Balaban J connectivity index is 1.37. The van der Waals surface area contributed by atoms with Crippen molar-refractivity contribution in [3.8, 4) is 11.5 Å². The van der Waals surface area contributed by atoms with Gasteiger partial charge in [0.2, 0.25) is 0 Å². The molecule has 44 heavy (non-hydrogen) atoms. The summed E-state index contributed by atoms with van der Waals surface area (Å²) < 4.78 is 38.8. The number of methoxy groups -OCH3 is 1. The van der Waals surface area contributed by atoms with E-state index < -0.39 is 22.5 Å². The number of anilines is 2. The fourth-order valence-electron chi connectivity index (χ4n) is 3.97. The maximum Gasteiger partial charge on any atom is 0.264 e. The van der Waals surface area contributed by atoms with Crippen LogP contribution in [0.2, 0.25) is 5.02 Å². The van der Waals surface area contributed by atoms with Gasteiger partial charge in [0.25, 0.3) is 21.8 Å². The topological polar surface area (TPSA) is 126 Å². The van der Waals surface area contributed by atoms with Gasteiger partial charge in [-0.25, -0.2) is 13.8 Å². The minimum absolute atomic E-state index is 0.0377. The van der Waals surface area contributed by atoms with Gasteiger partial charge in [0.1, 0.15) is 18.0 Å². The van der Waals surface area contributed by atoms with E-state index in [1.807, 2.05) is 6.92 Å². The van der Waals surface area contributed by atoms with E-state index in [4.69, 9.17) is 21.1 Å². The average molecular weight is 635 g/mol. The van der Waals surface area contributed by atoms with Gasteiger partial charge in [0.15, 0.2) is 6.61 Å². The van der Waals surface area contributed by atoms with E-state index in [-0.39, 0.29) is 23.1 Å². The van der Waals surface area contributed by atoms with Gasteiger partial charge in [-0.05, 0) is 85.6 Å². The molecule has 2 N–H and O–H groups in total. The number of nitrogens with one attached hydrogen (secondary N) is 2. The molecule has 0 aliphatic rings. The van der Waals surface area contributed by atoms with Crippen LogP contribution < -0.4 is 24.5 Å². The van der Waals surface area contributed by atoms with E-state index in [9.17, 15) is 18.0 Å². The first-order chi connectivity index (χ1) is 21.1. The van der Waals surface area contributed by atoms with Crippen molar-refractivity contribution in [3.05, 3.63) is 113 Å². The number of hydrogen-bond acceptors (Lipinski definition) is 7. The lowest BCUT2D eigenvalue weighted by Crippen LogP contribution is -2.39. The van der Waals surface area contributed by atoms with Gasteiger partial charge >= 0.3 is 0 Å². The predicted molar refractivity (Wildman–Crippen MR) is 171 cm³/mol. The Morgan fingerprint density at radius 3 is 2.32 bits per heavy atom. The Morgan fingerprint density at radius 1 is 0.932 bits per heavy atom. The largest absolute Gasteiger partial charge is 0.495 e. The molecular weight excluding hydrogens is 604 g/mol. The number of aryl methyl sites for hydroxylation is 2. The number of rotatable bonds is 12. The normalized spacial score (nSPS) is 11.2. The fraction of sp³-hybridized carbons (Fsp3) is 0.156. The highest BCUT2D eigenvalue weighted by atomic mass is 35.5. The Bertz CT molecular complexity index is 1760. The molecule has 0 saturated heterocycles. The van der Waals surface area contributed by atoms with Crippen LogP contribution in [0.3, 0.4) is 0 Å². The summed E-state index contributed by atoms with van der Waals surface area (Å²) in [5, 5.41) is 7.07. The lowest BCUT2D eigenvalue weighted by molar-refractivity contribution is -0.119. The number of hydrazone groups is 1. The van der Waals surface area contributed by atoms with Crippen molar-refractivity contribution in [1.29, 1.82) is 0 Å². The first-order valence-electron chi connectivity index (χ1n) is 13.4. The predicted octanol–water partition coefficient (Wildman–Crippen LogP) is 5.33. The molecule has 4 rings (SSSR count). The van der Waals surface area contributed by atoms with Gasteiger partial charge in [-0.2, -0.15) is 5.10 Å². The number of benzene rings is 4. The minimum atomic E-state index is -4.10. The van der Waals surface area contributed by atoms with Crippen molar-refractivity contribution in [2.75, 3.05) is 29.9 Å². The number of ether oxygens (including phenoxy) is 2. The Kier molecular flexibility index (Phi) is 10.6. The quantitative estimate of drug-likeness (QED) is 0.160. The first kappa shape index (κ1) is 32.1. The van der Waals surface area contributed by atoms with Gasteiger partial charge in [-0.3, -0.25) is 13.9 Å². The van der Waals surface area contributed by atoms with Crippen LogP contribution in [0, 0.1) is 13.8 Å². The number of nitrogens with zero attached hydrogens (tertiary/aromatic N) is 2. The summed E-state index contributed by atoms with van der Waals surface area (Å²) in [6.45, 7) is 2.90. The molecule has 0 saturated carbocycles. The molecule has 0 aliphatic heterocycles. The second-order valence-electron chi connectivity index (χ2n) is 9.66. The molecule has 0 fully saturated rings. The van der Waals surface area contributed by atoms with Gasteiger partial charge in [0, 0.05) is 5.02 Å². The van der Waals surface area contributed by atoms with E-state index in [0.717, 1.165) is 15.4 Å². The van der Waals surface area contributed by atoms with Crippen LogP contribution in [0.15, 0.2) is 101 Å². The second-order valence-corrected chi connectivity index (χ2v) is 11.9. The molecule has 12 heteroatoms. The molecule has 0 atom stereocenters. The smallest absolute Gasteiger partial charge is 0.264 e. The molecular formula is C32H31ClN4O6S. The van der Waals surface area contributed by atoms with Crippen molar-refractivity contribution in [3.63, 3.8) is 0 Å². The van der Waals surface area contributed by atoms with Crippen LogP contribution in [-0.2, 0) is 19.6 Å². The number of para-hydroxylation sites is 2. The summed E-state index contributed by atoms with van der Waals surface area (Å²) in [6, 6.07) is 24.9. The third kappa shape index (κ3) is 8.36. The average Bonchev–Trinajstić information content (AvgIpc) is 3.01. The zero-order chi connectivity index (χ0) is 31.7. The van der Waals surface area contributed by atoms with Crippen molar-refractivity contribution >= 4 is 51.0 Å². The highest BCUT2D eigenvalue weighted by Crippen LogP contribution is 2.28. The molecule has 4 aromatic rings. The number of amides is 2. The minimum Gasteiger partial charge on any atom is -0.495 e. The number of carbonyl (C=O) groups is 2. The maximum atomic E-state index is 13.5. The highest BCUT2D eigenvalue weighted by molar-refractivity contribution is 7.92. The summed E-state index contributed by atoms with van der Waals surface area (Å²) in [6.07, 6.45) is 1.40. The lowest BCUT2D eigenvalue weighted by Gasteiger charge is -2.24. The Labute approximate surface area is 261 Å². The fourth-order valence-corrected chi connectivity index (χ4v) is 5.55. The van der Waals surface area contributed by atoms with Crippen molar-refractivity contribution in [2.45, 2.75) is 18.7 Å². The molecule has 2 amide bonds. The molecule has 0 heterocycles. The maximum absolute atomic E-state index is 13.5. The zero-order valence-corrected chi connectivity index (χ0v) is 25.9. The van der Waals surface area contributed by atoms with Gasteiger partial charge in [-0.15, -0.1) is 0 Å². The van der Waals surface area contributed by atoms with E-state index in [2.05, 4.69) is 15.8 Å². The van der Waals surface area contributed by atoms with Crippen molar-refractivity contribution < 1.29 is 27.5 Å². The van der Waals surface area contributed by atoms with Crippen LogP contribution in [-0.4, -0.2) is 46.7 Å². The van der Waals surface area contributed by atoms with E-state index in [0.29, 0.717) is 27.8 Å². The monoisotopic (exact) mass is 634 g/mol. The highest BCUT2D eigenvalue weighted by Gasteiger charge is 2.27. The molecule has 10 nitrogen and oxygen atoms in total. The van der Waals surface area contributed by atoms with Gasteiger partial charge in [-0.1, -0.05) is 47.5 Å². The first-order valence-corrected chi connectivity index (χ1v) is 15.2. The molecule has 0 radical (unpaired) electrons. The van der Waals surface area contributed by atoms with Crippen LogP contribution >= 0.6 is 11.6 Å². The molecule has 4 aromatic carbocycles. The van der Waals surface area contributed by atoms with Crippen molar-refractivity contribution in [2.24, 2.45) is 5.10 Å². The van der Waals surface area contributed by atoms with E-state index in [1.54, 1.807) is 79.7 Å². The summed E-state index contributed by atoms with van der Waals surface area (Å²) in [4.78, 5) is 25.2. The molecule has 228 valence electrons. The van der Waals surface area contributed by atoms with Crippen molar-refractivity contribution in [1.82, 2.24) is 5.43 Å². The van der Waals surface area contributed by atoms with Crippen LogP contribution in [0.5, 0.6) is 11.5 Å². The number of halogens is 1. The molecule has 0 bridgehead atoms. The number of carbonyl (C=O) groups excluding carboxylic acids is 2. The summed E-state index contributed by atoms with van der Waals surface area (Å²) in [5.74, 6) is -0.0179. The van der Waals surface area contributed by atoms with Gasteiger partial charge < -0.3 is 14.8 Å². The summed E-state index contributed by atoms with van der Waals surface area (Å²) in [5.41, 5.74) is 5.45. The SMILES string of the molecule is COc1ccccc1NC(=O)COc1ccc(/C=N\NC(=O)CN(c2ccc(C)c(Cl)c2)S(=O)(=O)c2ccc(C)cc2)cc1. The van der Waals surface area contributed by atoms with Crippen LogP contribution in [0.25, 0.3) is 0 Å². The molecule has 0 aromatic heterocycles. The number of sulfonamides is 1. The molecule has 0 aliphatic carbocycles. The van der Waals surface area contributed by atoms with Crippen LogP contribution in [0.4, 0.5) is 11.4 Å². The zero-order valence-electron chi connectivity index (χ0n) is 24.3. The van der Waals surface area contributed by atoms with E-state index >= 15 is 0 Å². The standard InChI is InChI=1S/C32H31ClN4O6S/c1-22-8-16-27(17-9-22)44(40,41)37(25-13-10-23(2)28(33)18-25)20-31(38)36-34-19-24-11-14-26(15-12-24)43-21-32(39)35-29-6-4-5-7-30(29)42-3/h4-19H,20-21H2,1-3H3,(H,35,39)(H,36,38)/b34-19-. The second kappa shape index (κ2) is 14.5. The lowest BCUT2D eigenvalue weighted by atomic mass is 10.2.